The maximum Gasteiger partial charge on any atom is 0.339 e. The van der Waals surface area contributed by atoms with Gasteiger partial charge in [0, 0.05) is 0 Å². The number of amides is 4. The van der Waals surface area contributed by atoms with Crippen molar-refractivity contribution in [1.29, 1.82) is 0 Å². The number of sulfonamides is 2. The highest BCUT2D eigenvalue weighted by atomic mass is 32.2. The summed E-state index contributed by atoms with van der Waals surface area (Å²) in [7, 11) is -3.83. The minimum absolute atomic E-state index is 0.0494. The standard InChI is InChI=1S/2C14H15N5O6S/c2*1-8-15-12(18-14(16-8)25-3)17-13(21)19-26(22,23)10-7-5-4-6-9(10)11(20)24-2/h2*4-7H,1-3H3,(H2,15,16,17,18,19,21). The molecule has 2 heterocycles. The molecule has 4 N–H and O–H groups in total. The average molecular weight is 763 g/mol. The lowest BCUT2D eigenvalue weighted by molar-refractivity contribution is 0.0587. The predicted octanol–water partition coefficient (Wildman–Crippen LogP) is 0.971. The van der Waals surface area contributed by atoms with E-state index in [-0.39, 0.29) is 46.7 Å². The molecule has 0 saturated heterocycles. The van der Waals surface area contributed by atoms with Gasteiger partial charge >= 0.3 is 36.0 Å². The first kappa shape index (κ1) is 39.9. The summed E-state index contributed by atoms with van der Waals surface area (Å²) in [6, 6.07) is 8.23. The third-order valence-electron chi connectivity index (χ3n) is 5.89. The van der Waals surface area contributed by atoms with E-state index in [9.17, 15) is 36.0 Å². The predicted molar refractivity (Wildman–Crippen MR) is 176 cm³/mol. The third kappa shape index (κ3) is 10.7. The number of hydrogen-bond acceptors (Lipinski definition) is 18. The molecule has 0 aliphatic rings. The van der Waals surface area contributed by atoms with Gasteiger partial charge in [0.05, 0.1) is 39.6 Å². The minimum Gasteiger partial charge on any atom is -0.467 e. The van der Waals surface area contributed by atoms with Gasteiger partial charge in [-0.1, -0.05) is 24.3 Å². The van der Waals surface area contributed by atoms with Crippen LogP contribution in [0, 0.1) is 13.8 Å². The fraction of sp³-hybridized carbons (Fsp3) is 0.214. The van der Waals surface area contributed by atoms with E-state index in [1.165, 1.54) is 64.5 Å². The molecule has 0 spiro atoms. The van der Waals surface area contributed by atoms with Crippen LogP contribution in [0.2, 0.25) is 0 Å². The highest BCUT2D eigenvalue weighted by molar-refractivity contribution is 7.90. The van der Waals surface area contributed by atoms with Gasteiger partial charge in [0.1, 0.15) is 21.4 Å². The largest absolute Gasteiger partial charge is 0.467 e. The maximum atomic E-state index is 12.4. The Balaban J connectivity index is 0.000000280. The Hall–Kier alpha value is -6.56. The fourth-order valence-corrected chi connectivity index (χ4v) is 5.98. The molecule has 0 radical (unpaired) electrons. The summed E-state index contributed by atoms with van der Waals surface area (Å²) in [6.45, 7) is 3.08. The van der Waals surface area contributed by atoms with E-state index in [1.807, 2.05) is 0 Å². The van der Waals surface area contributed by atoms with Gasteiger partial charge in [-0.3, -0.25) is 10.6 Å². The summed E-state index contributed by atoms with van der Waals surface area (Å²) in [5.74, 6) is -1.61. The van der Waals surface area contributed by atoms with Crippen LogP contribution in [-0.4, -0.2) is 99.2 Å². The molecule has 0 bridgehead atoms. The molecule has 0 atom stereocenters. The molecule has 2 aromatic carbocycles. The van der Waals surface area contributed by atoms with Crippen molar-refractivity contribution < 1.29 is 55.0 Å². The molecular weight excluding hydrogens is 732 g/mol. The lowest BCUT2D eigenvalue weighted by atomic mass is 10.2. The Labute approximate surface area is 295 Å². The minimum atomic E-state index is -4.36. The highest BCUT2D eigenvalue weighted by Gasteiger charge is 2.26. The number of carbonyl (C=O) groups excluding carboxylic acids is 4. The SMILES string of the molecule is COC(=O)c1ccccc1S(=O)(=O)NC(=O)Nc1nc(C)nc(OC)n1.COC(=O)c1ccccc1S(=O)(=O)NC(=O)Nc1nc(C)nc(OC)n1. The van der Waals surface area contributed by atoms with Gasteiger partial charge in [-0.2, -0.15) is 29.9 Å². The molecule has 52 heavy (non-hydrogen) atoms. The number of carbonyl (C=O) groups is 4. The summed E-state index contributed by atoms with van der Waals surface area (Å²) < 4.78 is 71.9. The van der Waals surface area contributed by atoms with Crippen molar-refractivity contribution in [3.63, 3.8) is 0 Å². The van der Waals surface area contributed by atoms with Crippen LogP contribution in [-0.2, 0) is 29.5 Å². The topological polar surface area (TPSA) is 299 Å². The quantitative estimate of drug-likeness (QED) is 0.164. The first-order chi connectivity index (χ1) is 24.5. The molecule has 0 saturated carbocycles. The summed E-state index contributed by atoms with van der Waals surface area (Å²) in [5.41, 5.74) is -0.430. The molecule has 4 amide bonds. The molecule has 2 aromatic heterocycles. The second-order valence-corrected chi connectivity index (χ2v) is 12.8. The Bertz CT molecular complexity index is 2050. The number of methoxy groups -OCH3 is 4. The van der Waals surface area contributed by atoms with Crippen molar-refractivity contribution in [2.45, 2.75) is 23.6 Å². The number of nitrogens with zero attached hydrogens (tertiary/aromatic N) is 6. The van der Waals surface area contributed by atoms with E-state index in [4.69, 9.17) is 9.47 Å². The van der Waals surface area contributed by atoms with Crippen LogP contribution in [0.25, 0.3) is 0 Å². The van der Waals surface area contributed by atoms with Crippen LogP contribution in [0.1, 0.15) is 32.4 Å². The Morgan fingerprint density at radius 2 is 0.885 bits per heavy atom. The summed E-state index contributed by atoms with van der Waals surface area (Å²) in [5, 5.41) is 4.32. The van der Waals surface area contributed by atoms with Crippen molar-refractivity contribution in [3.05, 3.63) is 71.3 Å². The fourth-order valence-electron chi connectivity index (χ4n) is 3.78. The normalized spacial score (nSPS) is 10.7. The number of esters is 2. The van der Waals surface area contributed by atoms with Crippen LogP contribution < -0.4 is 29.6 Å². The number of urea groups is 2. The van der Waals surface area contributed by atoms with Crippen molar-refractivity contribution in [2.24, 2.45) is 0 Å². The van der Waals surface area contributed by atoms with Gasteiger partial charge in [0.15, 0.2) is 0 Å². The lowest BCUT2D eigenvalue weighted by Crippen LogP contribution is -2.35. The Morgan fingerprint density at radius 1 is 0.538 bits per heavy atom. The van der Waals surface area contributed by atoms with Crippen molar-refractivity contribution >= 4 is 55.9 Å². The second kappa shape index (κ2) is 17.4. The Kier molecular flexibility index (Phi) is 13.3. The molecular formula is C28H30N10O12S2. The third-order valence-corrected chi connectivity index (χ3v) is 8.67. The zero-order chi connectivity index (χ0) is 38.6. The number of aromatic nitrogens is 6. The van der Waals surface area contributed by atoms with Gasteiger partial charge in [-0.25, -0.2) is 45.5 Å². The van der Waals surface area contributed by atoms with E-state index in [2.05, 4.69) is 50.0 Å². The van der Waals surface area contributed by atoms with E-state index in [0.717, 1.165) is 26.4 Å². The van der Waals surface area contributed by atoms with Crippen molar-refractivity contribution in [2.75, 3.05) is 39.1 Å². The maximum absolute atomic E-state index is 12.4. The molecule has 4 rings (SSSR count). The lowest BCUT2D eigenvalue weighted by Gasteiger charge is -2.11. The number of aryl methyl sites for hydroxylation is 2. The van der Waals surface area contributed by atoms with Crippen molar-refractivity contribution in [3.8, 4) is 12.0 Å². The number of hydrogen-bond donors (Lipinski definition) is 4. The first-order valence-corrected chi connectivity index (χ1v) is 17.1. The highest BCUT2D eigenvalue weighted by Crippen LogP contribution is 2.18. The number of nitrogens with one attached hydrogen (secondary N) is 4. The zero-order valence-corrected chi connectivity index (χ0v) is 29.7. The Morgan fingerprint density at radius 3 is 1.21 bits per heavy atom. The number of ether oxygens (including phenoxy) is 4. The van der Waals surface area contributed by atoms with E-state index in [0.29, 0.717) is 0 Å². The van der Waals surface area contributed by atoms with Crippen LogP contribution in [0.15, 0.2) is 58.3 Å². The summed E-state index contributed by atoms with van der Waals surface area (Å²) in [4.78, 5) is 69.5. The van der Waals surface area contributed by atoms with Gasteiger partial charge in [0.25, 0.3) is 20.0 Å². The second-order valence-electron chi connectivity index (χ2n) is 9.48. The van der Waals surface area contributed by atoms with E-state index >= 15 is 0 Å². The molecule has 24 heteroatoms. The average Bonchev–Trinajstić information content (AvgIpc) is 3.10. The van der Waals surface area contributed by atoms with Gasteiger partial charge in [-0.05, 0) is 38.1 Å². The summed E-state index contributed by atoms with van der Waals surface area (Å²) in [6.07, 6.45) is 0. The van der Waals surface area contributed by atoms with Crippen LogP contribution in [0.4, 0.5) is 21.5 Å². The molecule has 0 fully saturated rings. The molecule has 0 aliphatic carbocycles. The van der Waals surface area contributed by atoms with Crippen LogP contribution in [0.3, 0.4) is 0 Å². The number of anilines is 2. The van der Waals surface area contributed by atoms with Gasteiger partial charge < -0.3 is 18.9 Å². The van der Waals surface area contributed by atoms with Gasteiger partial charge in [0.2, 0.25) is 11.9 Å². The zero-order valence-electron chi connectivity index (χ0n) is 28.0. The molecule has 22 nitrogen and oxygen atoms in total. The monoisotopic (exact) mass is 762 g/mol. The first-order valence-electron chi connectivity index (χ1n) is 14.1. The smallest absolute Gasteiger partial charge is 0.339 e. The number of benzene rings is 2. The van der Waals surface area contributed by atoms with E-state index < -0.39 is 53.8 Å². The van der Waals surface area contributed by atoms with Gasteiger partial charge in [-0.15, -0.1) is 0 Å². The van der Waals surface area contributed by atoms with Crippen molar-refractivity contribution in [1.82, 2.24) is 39.3 Å². The van der Waals surface area contributed by atoms with Crippen LogP contribution in [0.5, 0.6) is 12.0 Å². The molecule has 0 unspecified atom stereocenters. The summed E-state index contributed by atoms with van der Waals surface area (Å²) >= 11 is 0. The molecule has 276 valence electrons. The van der Waals surface area contributed by atoms with E-state index in [1.54, 1.807) is 9.44 Å². The molecule has 0 aliphatic heterocycles. The molecule has 4 aromatic rings. The van der Waals surface area contributed by atoms with Crippen LogP contribution >= 0.6 is 0 Å². The number of rotatable bonds is 10.